The number of carbonyl (C=O) groups excluding carboxylic acids is 1. The molecule has 1 aliphatic rings. The summed E-state index contributed by atoms with van der Waals surface area (Å²) in [5.41, 5.74) is 5.45. The molecule has 0 atom stereocenters. The lowest BCUT2D eigenvalue weighted by Crippen LogP contribution is -2.39. The van der Waals surface area contributed by atoms with E-state index in [0.29, 0.717) is 12.5 Å². The summed E-state index contributed by atoms with van der Waals surface area (Å²) in [6.07, 6.45) is -0.635. The van der Waals surface area contributed by atoms with Gasteiger partial charge >= 0.3 is 6.18 Å². The van der Waals surface area contributed by atoms with Gasteiger partial charge in [0.1, 0.15) is 0 Å². The summed E-state index contributed by atoms with van der Waals surface area (Å²) in [4.78, 5) is 17.7. The topological polar surface area (TPSA) is 82.8 Å². The fourth-order valence-electron chi connectivity index (χ4n) is 3.33. The average molecular weight is 541 g/mol. The van der Waals surface area contributed by atoms with Gasteiger partial charge in [-0.3, -0.25) is 9.79 Å². The first-order valence-electron chi connectivity index (χ1n) is 9.92. The maximum atomic E-state index is 12.6. The molecule has 1 saturated heterocycles. The van der Waals surface area contributed by atoms with E-state index in [2.05, 4.69) is 20.5 Å². The maximum Gasteiger partial charge on any atom is 0.416 e. The molecule has 1 amide bonds. The van der Waals surface area contributed by atoms with Crippen LogP contribution in [-0.4, -0.2) is 50.0 Å². The van der Waals surface area contributed by atoms with Gasteiger partial charge in [0, 0.05) is 26.1 Å². The molecule has 0 aliphatic carbocycles. The van der Waals surface area contributed by atoms with E-state index in [4.69, 9.17) is 5.73 Å². The van der Waals surface area contributed by atoms with Crippen molar-refractivity contribution >= 4 is 35.8 Å². The number of amides is 1. The Hall–Kier alpha value is -1.56. The van der Waals surface area contributed by atoms with Gasteiger partial charge in [0.25, 0.3) is 0 Å². The number of primary amides is 1. The van der Waals surface area contributed by atoms with Gasteiger partial charge < -0.3 is 21.3 Å². The summed E-state index contributed by atoms with van der Waals surface area (Å²) in [6.45, 7) is 3.97. The third kappa shape index (κ3) is 9.07. The van der Waals surface area contributed by atoms with E-state index in [1.165, 1.54) is 12.1 Å². The number of hydrogen-bond acceptors (Lipinski definition) is 3. The van der Waals surface area contributed by atoms with Crippen LogP contribution in [0.4, 0.5) is 13.2 Å². The molecule has 1 aliphatic heterocycles. The highest BCUT2D eigenvalue weighted by atomic mass is 127. The summed E-state index contributed by atoms with van der Waals surface area (Å²) in [5, 5.41) is 6.32. The minimum atomic E-state index is -4.32. The lowest BCUT2D eigenvalue weighted by molar-refractivity contribution is -0.137. The van der Waals surface area contributed by atoms with Crippen LogP contribution in [0.1, 0.15) is 36.8 Å². The fourth-order valence-corrected chi connectivity index (χ4v) is 3.33. The molecule has 0 unspecified atom stereocenters. The van der Waals surface area contributed by atoms with E-state index >= 15 is 0 Å². The number of nitrogens with two attached hydrogens (primary N) is 1. The minimum absolute atomic E-state index is 0. The summed E-state index contributed by atoms with van der Waals surface area (Å²) < 4.78 is 37.8. The number of hydrogen-bond donors (Lipinski definition) is 3. The lowest BCUT2D eigenvalue weighted by Gasteiger charge is -2.30. The molecule has 4 N–H and O–H groups in total. The number of halogens is 4. The van der Waals surface area contributed by atoms with E-state index in [1.807, 2.05) is 0 Å². The number of alkyl halides is 3. The standard InChI is InChI=1S/C20H30F3N5O.HI/c1-25-19(27-14-15-4-6-17(7-5-15)20(21,22)23)26-10-2-3-11-28-12-8-16(9-13-28)18(24)29;/h4-7,16H,2-3,8-14H2,1H3,(H2,24,29)(H2,25,26,27);1H. The highest BCUT2D eigenvalue weighted by Gasteiger charge is 2.29. The van der Waals surface area contributed by atoms with Gasteiger partial charge in [-0.15, -0.1) is 24.0 Å². The van der Waals surface area contributed by atoms with Crippen LogP contribution in [0.2, 0.25) is 0 Å². The van der Waals surface area contributed by atoms with Crippen molar-refractivity contribution in [3.8, 4) is 0 Å². The number of nitrogens with one attached hydrogen (secondary N) is 2. The van der Waals surface area contributed by atoms with Crippen LogP contribution in [0.5, 0.6) is 0 Å². The Morgan fingerprint density at radius 2 is 1.80 bits per heavy atom. The first-order valence-corrected chi connectivity index (χ1v) is 9.92. The summed E-state index contributed by atoms with van der Waals surface area (Å²) in [7, 11) is 1.66. The summed E-state index contributed by atoms with van der Waals surface area (Å²) >= 11 is 0. The molecule has 1 aromatic carbocycles. The van der Waals surface area contributed by atoms with Gasteiger partial charge in [0.2, 0.25) is 5.91 Å². The van der Waals surface area contributed by atoms with Gasteiger partial charge in [-0.1, -0.05) is 12.1 Å². The molecule has 170 valence electrons. The molecule has 0 aromatic heterocycles. The molecule has 2 rings (SSSR count). The van der Waals surface area contributed by atoms with Gasteiger partial charge in [-0.25, -0.2) is 0 Å². The number of nitrogens with zero attached hydrogens (tertiary/aromatic N) is 2. The predicted octanol–water partition coefficient (Wildman–Crippen LogP) is 2.97. The Balaban J connectivity index is 0.00000450. The molecule has 6 nitrogen and oxygen atoms in total. The molecule has 10 heteroatoms. The molecule has 0 bridgehead atoms. The Morgan fingerprint density at radius 1 is 1.17 bits per heavy atom. The highest BCUT2D eigenvalue weighted by Crippen LogP contribution is 2.29. The number of carbonyl (C=O) groups is 1. The highest BCUT2D eigenvalue weighted by molar-refractivity contribution is 14.0. The van der Waals surface area contributed by atoms with Crippen molar-refractivity contribution in [3.63, 3.8) is 0 Å². The Morgan fingerprint density at radius 3 is 2.33 bits per heavy atom. The second-order valence-corrected chi connectivity index (χ2v) is 7.27. The maximum absolute atomic E-state index is 12.6. The largest absolute Gasteiger partial charge is 0.416 e. The number of aliphatic imine (C=N–C) groups is 1. The zero-order valence-electron chi connectivity index (χ0n) is 17.2. The van der Waals surface area contributed by atoms with Crippen molar-refractivity contribution in [2.45, 2.75) is 38.4 Å². The van der Waals surface area contributed by atoms with Crippen LogP contribution >= 0.6 is 24.0 Å². The van der Waals surface area contributed by atoms with Crippen molar-refractivity contribution < 1.29 is 18.0 Å². The van der Waals surface area contributed by atoms with Crippen LogP contribution in [0.25, 0.3) is 0 Å². The molecule has 0 saturated carbocycles. The van der Waals surface area contributed by atoms with Gasteiger partial charge in [0.05, 0.1) is 5.56 Å². The Bertz CT molecular complexity index is 674. The monoisotopic (exact) mass is 541 g/mol. The SMILES string of the molecule is CN=C(NCCCCN1CCC(C(N)=O)CC1)NCc1ccc(C(F)(F)F)cc1.I. The fraction of sp³-hybridized carbons (Fsp3) is 0.600. The van der Waals surface area contributed by atoms with Crippen LogP contribution in [0.15, 0.2) is 29.3 Å². The Labute approximate surface area is 192 Å². The molecular weight excluding hydrogens is 510 g/mol. The summed E-state index contributed by atoms with van der Waals surface area (Å²) in [6, 6.07) is 5.09. The van der Waals surface area contributed by atoms with Crippen LogP contribution in [-0.2, 0) is 17.5 Å². The van der Waals surface area contributed by atoms with Crippen molar-refractivity contribution in [1.82, 2.24) is 15.5 Å². The Kier molecular flexibility index (Phi) is 11.5. The first-order chi connectivity index (χ1) is 13.8. The number of rotatable bonds is 8. The zero-order chi connectivity index (χ0) is 21.3. The number of guanidine groups is 1. The molecule has 0 radical (unpaired) electrons. The quantitative estimate of drug-likeness (QED) is 0.205. The number of likely N-dealkylation sites (tertiary alicyclic amines) is 1. The smallest absolute Gasteiger partial charge is 0.369 e. The van der Waals surface area contributed by atoms with Crippen molar-refractivity contribution in [2.75, 3.05) is 33.2 Å². The first kappa shape index (κ1) is 26.5. The zero-order valence-corrected chi connectivity index (χ0v) is 19.5. The van der Waals surface area contributed by atoms with Gasteiger partial charge in [-0.2, -0.15) is 13.2 Å². The molecule has 1 aromatic rings. The molecule has 30 heavy (non-hydrogen) atoms. The minimum Gasteiger partial charge on any atom is -0.369 e. The predicted molar refractivity (Wildman–Crippen MR) is 123 cm³/mol. The number of piperidine rings is 1. The van der Waals surface area contributed by atoms with Crippen molar-refractivity contribution in [1.29, 1.82) is 0 Å². The molecule has 0 spiro atoms. The van der Waals surface area contributed by atoms with E-state index in [1.54, 1.807) is 7.05 Å². The van der Waals surface area contributed by atoms with E-state index < -0.39 is 11.7 Å². The van der Waals surface area contributed by atoms with E-state index in [0.717, 1.165) is 69.6 Å². The van der Waals surface area contributed by atoms with Gasteiger partial charge in [-0.05, 0) is 63.0 Å². The third-order valence-corrected chi connectivity index (χ3v) is 5.15. The van der Waals surface area contributed by atoms with Gasteiger partial charge in [0.15, 0.2) is 5.96 Å². The summed E-state index contributed by atoms with van der Waals surface area (Å²) in [5.74, 6) is 0.447. The second-order valence-electron chi connectivity index (χ2n) is 7.27. The van der Waals surface area contributed by atoms with Crippen LogP contribution < -0.4 is 16.4 Å². The second kappa shape index (κ2) is 13.0. The number of unbranched alkanes of at least 4 members (excludes halogenated alkanes) is 1. The van der Waals surface area contributed by atoms with Crippen LogP contribution in [0.3, 0.4) is 0 Å². The lowest BCUT2D eigenvalue weighted by atomic mass is 9.96. The van der Waals surface area contributed by atoms with E-state index in [9.17, 15) is 18.0 Å². The normalized spacial score (nSPS) is 16.1. The molecule has 1 fully saturated rings. The number of benzene rings is 1. The van der Waals surface area contributed by atoms with E-state index in [-0.39, 0.29) is 35.8 Å². The van der Waals surface area contributed by atoms with Crippen molar-refractivity contribution in [3.05, 3.63) is 35.4 Å². The molecular formula is C20H31F3IN5O. The van der Waals surface area contributed by atoms with Crippen LogP contribution in [0, 0.1) is 5.92 Å². The molecule has 1 heterocycles. The third-order valence-electron chi connectivity index (χ3n) is 5.15. The average Bonchev–Trinajstić information content (AvgIpc) is 2.70. The van der Waals surface area contributed by atoms with Crippen molar-refractivity contribution in [2.24, 2.45) is 16.6 Å².